The van der Waals surface area contributed by atoms with Crippen LogP contribution in [0.4, 0.5) is 0 Å². The number of amides is 4. The Bertz CT molecular complexity index is 557. The van der Waals surface area contributed by atoms with Crippen molar-refractivity contribution in [3.05, 3.63) is 0 Å². The number of thioether (sulfide) groups is 1. The van der Waals surface area contributed by atoms with Crippen LogP contribution in [0, 0.1) is 17.8 Å². The second kappa shape index (κ2) is 8.88. The molecule has 8 heteroatoms. The third-order valence-corrected chi connectivity index (χ3v) is 6.55. The van der Waals surface area contributed by atoms with Crippen LogP contribution >= 0.6 is 11.8 Å². The molecule has 0 unspecified atom stereocenters. The summed E-state index contributed by atoms with van der Waals surface area (Å²) in [5, 5.41) is 5.62. The van der Waals surface area contributed by atoms with Gasteiger partial charge in [0.1, 0.15) is 0 Å². The largest absolute Gasteiger partial charge is 0.355 e. The molecular formula is C18H27N3O4S. The molecule has 3 fully saturated rings. The van der Waals surface area contributed by atoms with Gasteiger partial charge in [0.25, 0.3) is 0 Å². The van der Waals surface area contributed by atoms with Crippen molar-refractivity contribution >= 4 is 35.4 Å². The van der Waals surface area contributed by atoms with Crippen molar-refractivity contribution in [2.45, 2.75) is 38.5 Å². The highest BCUT2D eigenvalue weighted by Crippen LogP contribution is 2.39. The molecule has 1 saturated heterocycles. The average molecular weight is 381 g/mol. The summed E-state index contributed by atoms with van der Waals surface area (Å²) in [4.78, 5) is 49.2. The summed E-state index contributed by atoms with van der Waals surface area (Å²) in [6, 6.07) is 0. The standard InChI is InChI=1S/C18H27N3O4S/c22-15(10-26-11-16(23)20-9-12-3-1-4-12)19-7-8-21-17(24)13-5-2-6-14(13)18(21)25/h12-14H,1-11H2,(H,19,22)(H,20,23)/t13-,14+. The van der Waals surface area contributed by atoms with Crippen molar-refractivity contribution in [3.8, 4) is 0 Å². The molecule has 26 heavy (non-hydrogen) atoms. The predicted octanol–water partition coefficient (Wildman–Crippen LogP) is 0.537. The molecule has 1 aliphatic heterocycles. The van der Waals surface area contributed by atoms with Crippen molar-refractivity contribution in [2.75, 3.05) is 31.1 Å². The molecule has 144 valence electrons. The molecule has 0 radical (unpaired) electrons. The molecule has 7 nitrogen and oxygen atoms in total. The van der Waals surface area contributed by atoms with E-state index in [4.69, 9.17) is 0 Å². The van der Waals surface area contributed by atoms with E-state index >= 15 is 0 Å². The quantitative estimate of drug-likeness (QED) is 0.568. The normalized spacial score (nSPS) is 25.2. The first kappa shape index (κ1) is 19.2. The maximum absolute atomic E-state index is 12.2. The molecule has 0 aromatic carbocycles. The van der Waals surface area contributed by atoms with Crippen molar-refractivity contribution in [1.82, 2.24) is 15.5 Å². The van der Waals surface area contributed by atoms with Crippen LogP contribution < -0.4 is 10.6 Å². The third-order valence-electron chi connectivity index (χ3n) is 5.62. The van der Waals surface area contributed by atoms with Gasteiger partial charge in [-0.1, -0.05) is 12.8 Å². The second-order valence-electron chi connectivity index (χ2n) is 7.42. The van der Waals surface area contributed by atoms with Crippen LogP contribution in [0.3, 0.4) is 0 Å². The first-order valence-electron chi connectivity index (χ1n) is 9.52. The second-order valence-corrected chi connectivity index (χ2v) is 8.40. The summed E-state index contributed by atoms with van der Waals surface area (Å²) < 4.78 is 0. The van der Waals surface area contributed by atoms with Gasteiger partial charge in [0.2, 0.25) is 23.6 Å². The SMILES string of the molecule is O=C(CSCC(=O)NCC1CCC1)NCCN1C(=O)[C@H]2CCC[C@H]2C1=O. The zero-order valence-corrected chi connectivity index (χ0v) is 15.8. The van der Waals surface area contributed by atoms with Gasteiger partial charge in [0, 0.05) is 19.6 Å². The van der Waals surface area contributed by atoms with E-state index in [0.29, 0.717) is 5.92 Å². The molecule has 4 amide bonds. The van der Waals surface area contributed by atoms with Crippen LogP contribution in [0.2, 0.25) is 0 Å². The van der Waals surface area contributed by atoms with E-state index < -0.39 is 0 Å². The molecule has 0 spiro atoms. The minimum absolute atomic E-state index is 0.0329. The number of hydrogen-bond donors (Lipinski definition) is 2. The average Bonchev–Trinajstić information content (AvgIpc) is 3.13. The lowest BCUT2D eigenvalue weighted by molar-refractivity contribution is -0.140. The molecule has 1 heterocycles. The maximum atomic E-state index is 12.2. The maximum Gasteiger partial charge on any atom is 0.233 e. The fourth-order valence-electron chi connectivity index (χ4n) is 3.88. The van der Waals surface area contributed by atoms with Crippen LogP contribution in [0.1, 0.15) is 38.5 Å². The number of carbonyl (C=O) groups is 4. The Morgan fingerprint density at radius 1 is 0.923 bits per heavy atom. The fourth-order valence-corrected chi connectivity index (χ4v) is 4.56. The molecule has 0 aromatic rings. The van der Waals surface area contributed by atoms with Gasteiger partial charge >= 0.3 is 0 Å². The van der Waals surface area contributed by atoms with Gasteiger partial charge in [0.05, 0.1) is 23.3 Å². The van der Waals surface area contributed by atoms with Gasteiger partial charge in [-0.3, -0.25) is 24.1 Å². The van der Waals surface area contributed by atoms with Crippen molar-refractivity contribution < 1.29 is 19.2 Å². The summed E-state index contributed by atoms with van der Waals surface area (Å²) in [7, 11) is 0. The van der Waals surface area contributed by atoms with Crippen molar-refractivity contribution in [1.29, 1.82) is 0 Å². The molecule has 2 aliphatic carbocycles. The summed E-state index contributed by atoms with van der Waals surface area (Å²) >= 11 is 1.27. The number of carbonyl (C=O) groups excluding carboxylic acids is 4. The van der Waals surface area contributed by atoms with E-state index in [0.717, 1.165) is 25.8 Å². The zero-order chi connectivity index (χ0) is 18.5. The van der Waals surface area contributed by atoms with E-state index in [1.807, 2.05) is 0 Å². The van der Waals surface area contributed by atoms with E-state index in [1.165, 1.54) is 35.9 Å². The Morgan fingerprint density at radius 2 is 1.50 bits per heavy atom. The van der Waals surface area contributed by atoms with Crippen LogP contribution in [-0.4, -0.2) is 59.7 Å². The van der Waals surface area contributed by atoms with Crippen molar-refractivity contribution in [2.24, 2.45) is 17.8 Å². The summed E-state index contributed by atoms with van der Waals surface area (Å²) in [5.41, 5.74) is 0. The van der Waals surface area contributed by atoms with Gasteiger partial charge in [-0.25, -0.2) is 0 Å². The minimum Gasteiger partial charge on any atom is -0.355 e. The fraction of sp³-hybridized carbons (Fsp3) is 0.778. The number of nitrogens with one attached hydrogen (secondary N) is 2. The Morgan fingerprint density at radius 3 is 2.08 bits per heavy atom. The molecule has 0 aromatic heterocycles. The number of likely N-dealkylation sites (tertiary alicyclic amines) is 1. The van der Waals surface area contributed by atoms with Gasteiger partial charge < -0.3 is 10.6 Å². The first-order chi connectivity index (χ1) is 12.6. The molecule has 2 saturated carbocycles. The lowest BCUT2D eigenvalue weighted by atomic mass is 9.85. The Kier molecular flexibility index (Phi) is 6.56. The summed E-state index contributed by atoms with van der Waals surface area (Å²) in [6.07, 6.45) is 6.20. The summed E-state index contributed by atoms with van der Waals surface area (Å²) in [6.45, 7) is 1.25. The van der Waals surface area contributed by atoms with E-state index in [9.17, 15) is 19.2 Å². The van der Waals surface area contributed by atoms with Crippen LogP contribution in [0.15, 0.2) is 0 Å². The highest BCUT2D eigenvalue weighted by molar-refractivity contribution is 8.00. The molecule has 0 bridgehead atoms. The summed E-state index contributed by atoms with van der Waals surface area (Å²) in [5.74, 6) is 0.461. The highest BCUT2D eigenvalue weighted by atomic mass is 32.2. The zero-order valence-electron chi connectivity index (χ0n) is 15.0. The van der Waals surface area contributed by atoms with Gasteiger partial charge in [-0.2, -0.15) is 0 Å². The van der Waals surface area contributed by atoms with E-state index in [2.05, 4.69) is 10.6 Å². The number of imide groups is 1. The number of nitrogens with zero attached hydrogens (tertiary/aromatic N) is 1. The molecular weight excluding hydrogens is 354 g/mol. The number of fused-ring (bicyclic) bond motifs is 1. The number of hydrogen-bond acceptors (Lipinski definition) is 5. The van der Waals surface area contributed by atoms with E-state index in [-0.39, 0.29) is 60.1 Å². The lowest BCUT2D eigenvalue weighted by Gasteiger charge is -2.25. The highest BCUT2D eigenvalue weighted by Gasteiger charge is 2.49. The smallest absolute Gasteiger partial charge is 0.233 e. The minimum atomic E-state index is -0.180. The third kappa shape index (κ3) is 4.58. The molecule has 2 atom stereocenters. The Balaban J connectivity index is 1.25. The lowest BCUT2D eigenvalue weighted by Crippen LogP contribution is -2.39. The van der Waals surface area contributed by atoms with Crippen molar-refractivity contribution in [3.63, 3.8) is 0 Å². The molecule has 3 aliphatic rings. The van der Waals surface area contributed by atoms with Crippen LogP contribution in [-0.2, 0) is 19.2 Å². The van der Waals surface area contributed by atoms with Gasteiger partial charge in [-0.15, -0.1) is 11.8 Å². The van der Waals surface area contributed by atoms with Gasteiger partial charge in [-0.05, 0) is 31.6 Å². The topological polar surface area (TPSA) is 95.6 Å². The molecule has 3 rings (SSSR count). The predicted molar refractivity (Wildman–Crippen MR) is 98.2 cm³/mol. The number of rotatable bonds is 9. The monoisotopic (exact) mass is 381 g/mol. The van der Waals surface area contributed by atoms with Crippen LogP contribution in [0.5, 0.6) is 0 Å². The van der Waals surface area contributed by atoms with Gasteiger partial charge in [0.15, 0.2) is 0 Å². The van der Waals surface area contributed by atoms with Crippen LogP contribution in [0.25, 0.3) is 0 Å². The Hall–Kier alpha value is -1.57. The van der Waals surface area contributed by atoms with E-state index in [1.54, 1.807) is 0 Å². The molecule has 2 N–H and O–H groups in total. The first-order valence-corrected chi connectivity index (χ1v) is 10.7. The Labute approximate surface area is 158 Å².